The number of nitrogens with zero attached hydrogens (tertiary/aromatic N) is 1. The Hall–Kier alpha value is -1.23. The van der Waals surface area contributed by atoms with Crippen LogP contribution >= 0.6 is 11.6 Å². The van der Waals surface area contributed by atoms with Crippen molar-refractivity contribution >= 4 is 17.3 Å². The van der Waals surface area contributed by atoms with Crippen molar-refractivity contribution in [3.63, 3.8) is 0 Å². The Morgan fingerprint density at radius 2 is 2.06 bits per heavy atom. The van der Waals surface area contributed by atoms with Gasteiger partial charge in [-0.1, -0.05) is 6.92 Å². The van der Waals surface area contributed by atoms with E-state index in [-0.39, 0.29) is 5.56 Å². The molecule has 0 aliphatic heterocycles. The maximum Gasteiger partial charge on any atom is 0.308 e. The molecule has 0 radical (unpaired) electrons. The van der Waals surface area contributed by atoms with Crippen LogP contribution in [0.3, 0.4) is 0 Å². The second-order valence-corrected chi connectivity index (χ2v) is 4.46. The Labute approximate surface area is 103 Å². The summed E-state index contributed by atoms with van der Waals surface area (Å²) in [4.78, 5) is 9.96. The minimum Gasteiger partial charge on any atom is -0.258 e. The third kappa shape index (κ3) is 2.91. The summed E-state index contributed by atoms with van der Waals surface area (Å²) in [6.45, 7) is 3.40. The molecule has 3 nitrogen and oxygen atoms in total. The van der Waals surface area contributed by atoms with E-state index in [0.717, 1.165) is 6.07 Å². The highest BCUT2D eigenvalue weighted by molar-refractivity contribution is 6.20. The molecule has 1 rings (SSSR count). The smallest absolute Gasteiger partial charge is 0.258 e. The zero-order valence-electron chi connectivity index (χ0n) is 9.41. The molecule has 17 heavy (non-hydrogen) atoms. The summed E-state index contributed by atoms with van der Waals surface area (Å²) in [7, 11) is 0. The standard InChI is InChI=1S/C11H12ClF2NO2/c1-3-8(6(2)12)9-4-7(13)5-10(14)11(9)15(16)17/h4-6,8H,3H2,1-2H3. The van der Waals surface area contributed by atoms with Gasteiger partial charge >= 0.3 is 5.69 Å². The fourth-order valence-corrected chi connectivity index (χ4v) is 2.17. The van der Waals surface area contributed by atoms with Crippen molar-refractivity contribution in [2.75, 3.05) is 0 Å². The monoisotopic (exact) mass is 263 g/mol. The number of nitro benzene ring substituents is 1. The predicted molar refractivity (Wildman–Crippen MR) is 61.4 cm³/mol. The summed E-state index contributed by atoms with van der Waals surface area (Å²) in [6, 6.07) is 1.49. The highest BCUT2D eigenvalue weighted by Crippen LogP contribution is 2.35. The van der Waals surface area contributed by atoms with Crippen molar-refractivity contribution in [3.8, 4) is 0 Å². The molecule has 0 aliphatic rings. The summed E-state index contributed by atoms with van der Waals surface area (Å²) < 4.78 is 26.5. The first-order chi connectivity index (χ1) is 7.88. The molecule has 0 N–H and O–H groups in total. The maximum atomic E-state index is 13.4. The largest absolute Gasteiger partial charge is 0.308 e. The van der Waals surface area contributed by atoms with Gasteiger partial charge in [-0.2, -0.15) is 4.39 Å². The molecule has 0 spiro atoms. The first-order valence-corrected chi connectivity index (χ1v) is 5.59. The van der Waals surface area contributed by atoms with Gasteiger partial charge in [0.2, 0.25) is 5.82 Å². The van der Waals surface area contributed by atoms with Gasteiger partial charge < -0.3 is 0 Å². The molecule has 0 amide bonds. The van der Waals surface area contributed by atoms with E-state index in [1.54, 1.807) is 13.8 Å². The van der Waals surface area contributed by atoms with E-state index in [4.69, 9.17) is 11.6 Å². The normalized spacial score (nSPS) is 14.4. The van der Waals surface area contributed by atoms with Crippen molar-refractivity contribution in [3.05, 3.63) is 39.4 Å². The summed E-state index contributed by atoms with van der Waals surface area (Å²) >= 11 is 5.89. The highest BCUT2D eigenvalue weighted by atomic mass is 35.5. The van der Waals surface area contributed by atoms with E-state index in [1.165, 1.54) is 0 Å². The van der Waals surface area contributed by atoms with Gasteiger partial charge in [-0.05, 0) is 19.4 Å². The SMILES string of the molecule is CCC(c1cc(F)cc(F)c1[N+](=O)[O-])C(C)Cl. The molecule has 0 saturated heterocycles. The van der Waals surface area contributed by atoms with Gasteiger partial charge in [-0.3, -0.25) is 10.1 Å². The summed E-state index contributed by atoms with van der Waals surface area (Å²) in [5.74, 6) is -2.46. The average molecular weight is 264 g/mol. The lowest BCUT2D eigenvalue weighted by atomic mass is 9.92. The Balaban J connectivity index is 3.43. The quantitative estimate of drug-likeness (QED) is 0.468. The Morgan fingerprint density at radius 1 is 1.47 bits per heavy atom. The van der Waals surface area contributed by atoms with Gasteiger partial charge in [0.25, 0.3) is 0 Å². The highest BCUT2D eigenvalue weighted by Gasteiger charge is 2.29. The van der Waals surface area contributed by atoms with Crippen molar-refractivity contribution < 1.29 is 13.7 Å². The summed E-state index contributed by atoms with van der Waals surface area (Å²) in [5, 5.41) is 10.4. The minimum atomic E-state index is -1.17. The van der Waals surface area contributed by atoms with Gasteiger partial charge in [0, 0.05) is 22.9 Å². The number of nitro groups is 1. The maximum absolute atomic E-state index is 13.4. The third-order valence-corrected chi connectivity index (χ3v) is 2.94. The molecule has 0 heterocycles. The van der Waals surface area contributed by atoms with E-state index in [1.807, 2.05) is 0 Å². The molecule has 2 unspecified atom stereocenters. The summed E-state index contributed by atoms with van der Waals surface area (Å²) in [5.41, 5.74) is -0.678. The van der Waals surface area contributed by atoms with Crippen LogP contribution in [-0.2, 0) is 0 Å². The van der Waals surface area contributed by atoms with Crippen LogP contribution < -0.4 is 0 Å². The van der Waals surface area contributed by atoms with Crippen molar-refractivity contribution in [2.24, 2.45) is 0 Å². The van der Waals surface area contributed by atoms with Crippen LogP contribution in [0.2, 0.25) is 0 Å². The van der Waals surface area contributed by atoms with Gasteiger partial charge in [-0.25, -0.2) is 4.39 Å². The molecule has 0 aromatic heterocycles. The predicted octanol–water partition coefficient (Wildman–Crippen LogP) is 3.99. The lowest BCUT2D eigenvalue weighted by molar-refractivity contribution is -0.388. The van der Waals surface area contributed by atoms with Crippen molar-refractivity contribution in [1.29, 1.82) is 0 Å². The second kappa shape index (κ2) is 5.40. The Morgan fingerprint density at radius 3 is 2.47 bits per heavy atom. The molecule has 2 atom stereocenters. The molecular weight excluding hydrogens is 252 g/mol. The van der Waals surface area contributed by atoms with Gasteiger partial charge in [0.15, 0.2) is 0 Å². The molecule has 1 aromatic carbocycles. The van der Waals surface area contributed by atoms with Crippen LogP contribution in [0, 0.1) is 21.7 Å². The van der Waals surface area contributed by atoms with Crippen LogP contribution in [-0.4, -0.2) is 10.3 Å². The lowest BCUT2D eigenvalue weighted by Crippen LogP contribution is -2.12. The molecule has 1 aromatic rings. The molecule has 0 saturated carbocycles. The second-order valence-electron chi connectivity index (χ2n) is 3.77. The van der Waals surface area contributed by atoms with Gasteiger partial charge in [-0.15, -0.1) is 11.6 Å². The number of benzene rings is 1. The van der Waals surface area contributed by atoms with Crippen LogP contribution in [0.1, 0.15) is 31.7 Å². The lowest BCUT2D eigenvalue weighted by Gasteiger charge is -2.17. The molecular formula is C11H12ClF2NO2. The van der Waals surface area contributed by atoms with Crippen molar-refractivity contribution in [1.82, 2.24) is 0 Å². The number of alkyl halides is 1. The third-order valence-electron chi connectivity index (χ3n) is 2.63. The zero-order valence-corrected chi connectivity index (χ0v) is 10.2. The van der Waals surface area contributed by atoms with E-state index in [9.17, 15) is 18.9 Å². The fraction of sp³-hybridized carbons (Fsp3) is 0.455. The van der Waals surface area contributed by atoms with E-state index >= 15 is 0 Å². The van der Waals surface area contributed by atoms with Crippen LogP contribution in [0.15, 0.2) is 12.1 Å². The minimum absolute atomic E-state index is 0.0116. The first kappa shape index (κ1) is 13.8. The molecule has 0 bridgehead atoms. The number of hydrogen-bond donors (Lipinski definition) is 0. The number of halogens is 3. The molecule has 0 fully saturated rings. The van der Waals surface area contributed by atoms with E-state index < -0.39 is 33.5 Å². The van der Waals surface area contributed by atoms with Gasteiger partial charge in [0.1, 0.15) is 5.82 Å². The summed E-state index contributed by atoms with van der Waals surface area (Å²) in [6.07, 6.45) is 0.467. The molecule has 6 heteroatoms. The average Bonchev–Trinajstić information content (AvgIpc) is 2.15. The first-order valence-electron chi connectivity index (χ1n) is 5.15. The topological polar surface area (TPSA) is 43.1 Å². The van der Waals surface area contributed by atoms with Gasteiger partial charge in [0.05, 0.1) is 4.92 Å². The van der Waals surface area contributed by atoms with E-state index in [2.05, 4.69) is 0 Å². The number of rotatable bonds is 4. The van der Waals surface area contributed by atoms with Crippen LogP contribution in [0.25, 0.3) is 0 Å². The van der Waals surface area contributed by atoms with E-state index in [0.29, 0.717) is 12.5 Å². The van der Waals surface area contributed by atoms with Crippen LogP contribution in [0.5, 0.6) is 0 Å². The van der Waals surface area contributed by atoms with Crippen molar-refractivity contribution in [2.45, 2.75) is 31.6 Å². The zero-order chi connectivity index (χ0) is 13.2. The fourth-order valence-electron chi connectivity index (χ4n) is 1.85. The Kier molecular flexibility index (Phi) is 4.40. The Bertz CT molecular complexity index is 438. The van der Waals surface area contributed by atoms with Crippen LogP contribution in [0.4, 0.5) is 14.5 Å². The molecule has 0 aliphatic carbocycles. The molecule has 94 valence electrons. The number of hydrogen-bond acceptors (Lipinski definition) is 2.